The lowest BCUT2D eigenvalue weighted by atomic mass is 10.2. The molecule has 2 aromatic rings. The van der Waals surface area contributed by atoms with Crippen molar-refractivity contribution in [3.8, 4) is 0 Å². The van der Waals surface area contributed by atoms with Gasteiger partial charge in [-0.2, -0.15) is 0 Å². The molecule has 0 bridgehead atoms. The molecular weight excluding hydrogens is 286 g/mol. The minimum atomic E-state index is 1.12. The van der Waals surface area contributed by atoms with E-state index >= 15 is 0 Å². The molecule has 0 amide bonds. The molecule has 2 rings (SSSR count). The molecule has 1 aromatic carbocycles. The minimum Gasteiger partial charge on any atom is -0.378 e. The zero-order valence-corrected chi connectivity index (χ0v) is 16.0. The Hall–Kier alpha value is -1.54. The summed E-state index contributed by atoms with van der Waals surface area (Å²) in [4.78, 5) is 4.88. The molecule has 0 unspecified atom stereocenters. The summed E-state index contributed by atoms with van der Waals surface area (Å²) in [6.45, 7) is 10.2. The van der Waals surface area contributed by atoms with E-state index in [4.69, 9.17) is 0 Å². The number of anilines is 1. The summed E-state index contributed by atoms with van der Waals surface area (Å²) in [5, 5.41) is 0. The van der Waals surface area contributed by atoms with Gasteiger partial charge in [0, 0.05) is 29.5 Å². The number of rotatable bonds is 4. The van der Waals surface area contributed by atoms with E-state index in [2.05, 4.69) is 74.5 Å². The quantitative estimate of drug-likeness (QED) is 0.614. The molecule has 0 saturated heterocycles. The lowest BCUT2D eigenvalue weighted by molar-refractivity contribution is 1.13. The molecular formula is C20H31NS. The summed E-state index contributed by atoms with van der Waals surface area (Å²) in [5.41, 5.74) is 2.48. The Morgan fingerprint density at radius 2 is 1.45 bits per heavy atom. The number of aryl methyl sites for hydroxylation is 1. The van der Waals surface area contributed by atoms with Gasteiger partial charge in [0.1, 0.15) is 0 Å². The molecule has 0 spiro atoms. The standard InChI is InChI=1S/C16H19NS.2C2H6/c1-4-15-11-12-16(18-15)10-7-13-5-8-14(9-6-13)17(2)3;2*1-2/h5-12H,4H2,1-3H3;2*1-2H3/b10-7+;;. The molecule has 1 heterocycles. The van der Waals surface area contributed by atoms with Crippen LogP contribution in [0.1, 0.15) is 49.9 Å². The van der Waals surface area contributed by atoms with Crippen LogP contribution in [0, 0.1) is 0 Å². The van der Waals surface area contributed by atoms with Crippen LogP contribution in [-0.4, -0.2) is 14.1 Å². The van der Waals surface area contributed by atoms with Gasteiger partial charge in [-0.1, -0.05) is 52.8 Å². The van der Waals surface area contributed by atoms with Gasteiger partial charge in [-0.3, -0.25) is 0 Å². The number of benzene rings is 1. The van der Waals surface area contributed by atoms with Gasteiger partial charge < -0.3 is 4.90 Å². The molecule has 0 aliphatic rings. The second-order valence-electron chi connectivity index (χ2n) is 4.48. The van der Waals surface area contributed by atoms with E-state index in [-0.39, 0.29) is 0 Å². The van der Waals surface area contributed by atoms with E-state index < -0.39 is 0 Å². The Morgan fingerprint density at radius 1 is 0.864 bits per heavy atom. The first-order valence-corrected chi connectivity index (χ1v) is 9.05. The average Bonchev–Trinajstić information content (AvgIpc) is 3.05. The summed E-state index contributed by atoms with van der Waals surface area (Å²) in [5.74, 6) is 0. The monoisotopic (exact) mass is 317 g/mol. The molecule has 1 nitrogen and oxygen atoms in total. The van der Waals surface area contributed by atoms with Gasteiger partial charge in [-0.05, 0) is 42.3 Å². The molecule has 0 fully saturated rings. The van der Waals surface area contributed by atoms with Crippen LogP contribution in [0.2, 0.25) is 0 Å². The van der Waals surface area contributed by atoms with Crippen LogP contribution in [0.3, 0.4) is 0 Å². The second-order valence-corrected chi connectivity index (χ2v) is 5.68. The fraction of sp³-hybridized carbons (Fsp3) is 0.400. The highest BCUT2D eigenvalue weighted by atomic mass is 32.1. The van der Waals surface area contributed by atoms with E-state index in [9.17, 15) is 0 Å². The van der Waals surface area contributed by atoms with Gasteiger partial charge in [-0.15, -0.1) is 11.3 Å². The number of thiophene rings is 1. The van der Waals surface area contributed by atoms with Crippen molar-refractivity contribution in [2.75, 3.05) is 19.0 Å². The van der Waals surface area contributed by atoms with Crippen molar-refractivity contribution in [1.82, 2.24) is 0 Å². The summed E-state index contributed by atoms with van der Waals surface area (Å²) < 4.78 is 0. The molecule has 0 radical (unpaired) electrons. The topological polar surface area (TPSA) is 3.24 Å². The van der Waals surface area contributed by atoms with Gasteiger partial charge in [-0.25, -0.2) is 0 Å². The first-order chi connectivity index (χ1) is 10.7. The molecule has 0 saturated carbocycles. The smallest absolute Gasteiger partial charge is 0.0361 e. The van der Waals surface area contributed by atoms with Crippen molar-refractivity contribution in [2.45, 2.75) is 41.0 Å². The Morgan fingerprint density at radius 3 is 1.91 bits per heavy atom. The largest absolute Gasteiger partial charge is 0.378 e. The molecule has 0 atom stereocenters. The van der Waals surface area contributed by atoms with Crippen LogP contribution in [0.25, 0.3) is 12.2 Å². The highest BCUT2D eigenvalue weighted by molar-refractivity contribution is 7.12. The molecule has 1 aromatic heterocycles. The summed E-state index contributed by atoms with van der Waals surface area (Å²) >= 11 is 1.87. The van der Waals surface area contributed by atoms with E-state index in [1.807, 2.05) is 39.0 Å². The highest BCUT2D eigenvalue weighted by Gasteiger charge is 1.96. The van der Waals surface area contributed by atoms with Crippen molar-refractivity contribution in [2.24, 2.45) is 0 Å². The normalized spacial score (nSPS) is 9.59. The van der Waals surface area contributed by atoms with Crippen LogP contribution >= 0.6 is 11.3 Å². The third-order valence-electron chi connectivity index (χ3n) is 2.88. The third-order valence-corrected chi connectivity index (χ3v) is 4.08. The Bertz CT molecular complexity index is 521. The van der Waals surface area contributed by atoms with E-state index in [0.717, 1.165) is 6.42 Å². The SMILES string of the molecule is CC.CC.CCc1ccc(/C=C/c2ccc(N(C)C)cc2)s1. The third kappa shape index (κ3) is 6.95. The van der Waals surface area contributed by atoms with Gasteiger partial charge >= 0.3 is 0 Å². The lowest BCUT2D eigenvalue weighted by Gasteiger charge is -2.11. The molecule has 0 aliphatic carbocycles. The van der Waals surface area contributed by atoms with Gasteiger partial charge in [0.2, 0.25) is 0 Å². The maximum Gasteiger partial charge on any atom is 0.0361 e. The minimum absolute atomic E-state index is 1.12. The van der Waals surface area contributed by atoms with Crippen LogP contribution in [0.15, 0.2) is 36.4 Å². The fourth-order valence-electron chi connectivity index (χ4n) is 1.74. The molecule has 0 aliphatic heterocycles. The number of hydrogen-bond donors (Lipinski definition) is 0. The molecule has 2 heteroatoms. The van der Waals surface area contributed by atoms with Gasteiger partial charge in [0.05, 0.1) is 0 Å². The lowest BCUT2D eigenvalue weighted by Crippen LogP contribution is -2.07. The van der Waals surface area contributed by atoms with E-state index in [1.54, 1.807) is 0 Å². The number of nitrogens with zero attached hydrogens (tertiary/aromatic N) is 1. The Labute approximate surface area is 141 Å². The molecule has 122 valence electrons. The highest BCUT2D eigenvalue weighted by Crippen LogP contribution is 2.20. The van der Waals surface area contributed by atoms with E-state index in [0.29, 0.717) is 0 Å². The maximum absolute atomic E-state index is 2.21. The van der Waals surface area contributed by atoms with Crippen molar-refractivity contribution in [1.29, 1.82) is 0 Å². The van der Waals surface area contributed by atoms with Gasteiger partial charge in [0.15, 0.2) is 0 Å². The fourth-order valence-corrected chi connectivity index (χ4v) is 2.59. The van der Waals surface area contributed by atoms with Crippen molar-refractivity contribution < 1.29 is 0 Å². The van der Waals surface area contributed by atoms with E-state index in [1.165, 1.54) is 21.0 Å². The van der Waals surface area contributed by atoms with Crippen molar-refractivity contribution >= 4 is 29.2 Å². The van der Waals surface area contributed by atoms with Crippen LogP contribution < -0.4 is 4.90 Å². The van der Waals surface area contributed by atoms with Crippen LogP contribution in [-0.2, 0) is 6.42 Å². The predicted octanol–water partition coefficient (Wildman–Crippen LogP) is 6.60. The summed E-state index contributed by atoms with van der Waals surface area (Å²) in [6, 6.07) is 13.0. The second kappa shape index (κ2) is 12.0. The first-order valence-electron chi connectivity index (χ1n) is 8.23. The Kier molecular flexibility index (Phi) is 11.2. The van der Waals surface area contributed by atoms with Gasteiger partial charge in [0.25, 0.3) is 0 Å². The van der Waals surface area contributed by atoms with Crippen molar-refractivity contribution in [3.63, 3.8) is 0 Å². The van der Waals surface area contributed by atoms with Crippen molar-refractivity contribution in [3.05, 3.63) is 51.7 Å². The van der Waals surface area contributed by atoms with Crippen LogP contribution in [0.4, 0.5) is 5.69 Å². The average molecular weight is 318 g/mol. The van der Waals surface area contributed by atoms with Crippen LogP contribution in [0.5, 0.6) is 0 Å². The maximum atomic E-state index is 2.21. The zero-order valence-electron chi connectivity index (χ0n) is 15.2. The summed E-state index contributed by atoms with van der Waals surface area (Å²) in [6.07, 6.45) is 5.48. The molecule has 22 heavy (non-hydrogen) atoms. The number of hydrogen-bond acceptors (Lipinski definition) is 2. The predicted molar refractivity (Wildman–Crippen MR) is 106 cm³/mol. The zero-order chi connectivity index (χ0) is 17.0. The first kappa shape index (κ1) is 20.5. The summed E-state index contributed by atoms with van der Waals surface area (Å²) in [7, 11) is 4.12. The molecule has 0 N–H and O–H groups in total. The Balaban J connectivity index is 0.00000102.